The summed E-state index contributed by atoms with van der Waals surface area (Å²) in [5, 5.41) is 3.36. The van der Waals surface area contributed by atoms with Crippen molar-refractivity contribution in [2.45, 2.75) is 13.8 Å². The van der Waals surface area contributed by atoms with Crippen molar-refractivity contribution in [1.29, 1.82) is 0 Å². The fourth-order valence-corrected chi connectivity index (χ4v) is 2.88. The van der Waals surface area contributed by atoms with Crippen LogP contribution in [0.25, 0.3) is 0 Å². The first-order chi connectivity index (χ1) is 13.7. The van der Waals surface area contributed by atoms with E-state index in [1.807, 2.05) is 60.7 Å². The molecular formula is C24H27NO3. The summed E-state index contributed by atoms with van der Waals surface area (Å²) in [7, 11) is 0. The van der Waals surface area contributed by atoms with Gasteiger partial charge in [-0.05, 0) is 61.4 Å². The van der Waals surface area contributed by atoms with E-state index in [4.69, 9.17) is 14.2 Å². The van der Waals surface area contributed by atoms with Crippen molar-refractivity contribution in [1.82, 2.24) is 0 Å². The van der Waals surface area contributed by atoms with Gasteiger partial charge in [-0.2, -0.15) is 0 Å². The molecule has 0 spiro atoms. The van der Waals surface area contributed by atoms with Crippen LogP contribution in [-0.2, 0) is 0 Å². The minimum atomic E-state index is 0.505. The van der Waals surface area contributed by atoms with Gasteiger partial charge in [0, 0.05) is 12.2 Å². The quantitative estimate of drug-likeness (QED) is 0.490. The molecule has 0 unspecified atom stereocenters. The van der Waals surface area contributed by atoms with E-state index in [2.05, 4.69) is 31.3 Å². The largest absolute Gasteiger partial charge is 0.491 e. The summed E-state index contributed by atoms with van der Waals surface area (Å²) in [6.07, 6.45) is 0. The molecule has 146 valence electrons. The minimum Gasteiger partial charge on any atom is -0.491 e. The molecule has 0 aliphatic heterocycles. The van der Waals surface area contributed by atoms with Gasteiger partial charge in [0.05, 0.1) is 0 Å². The van der Waals surface area contributed by atoms with Crippen LogP contribution >= 0.6 is 0 Å². The second-order valence-corrected chi connectivity index (χ2v) is 6.53. The lowest BCUT2D eigenvalue weighted by atomic mass is 10.1. The van der Waals surface area contributed by atoms with E-state index in [1.165, 1.54) is 0 Å². The zero-order valence-electron chi connectivity index (χ0n) is 16.5. The zero-order chi connectivity index (χ0) is 19.6. The number of hydrogen-bond acceptors (Lipinski definition) is 4. The number of nitrogens with one attached hydrogen (secondary N) is 1. The highest BCUT2D eigenvalue weighted by molar-refractivity contribution is 5.46. The Bertz CT molecular complexity index is 827. The van der Waals surface area contributed by atoms with Crippen molar-refractivity contribution < 1.29 is 14.2 Å². The van der Waals surface area contributed by atoms with Gasteiger partial charge in [0.15, 0.2) is 0 Å². The van der Waals surface area contributed by atoms with E-state index in [9.17, 15) is 0 Å². The molecule has 0 aliphatic rings. The van der Waals surface area contributed by atoms with Crippen LogP contribution in [-0.4, -0.2) is 26.4 Å². The maximum absolute atomic E-state index is 5.91. The van der Waals surface area contributed by atoms with Crippen LogP contribution in [0.5, 0.6) is 17.2 Å². The van der Waals surface area contributed by atoms with Gasteiger partial charge in [-0.15, -0.1) is 0 Å². The van der Waals surface area contributed by atoms with Crippen LogP contribution in [0.3, 0.4) is 0 Å². The number of anilines is 1. The zero-order valence-corrected chi connectivity index (χ0v) is 16.5. The number of para-hydroxylation sites is 2. The lowest BCUT2D eigenvalue weighted by Gasteiger charge is -2.13. The Morgan fingerprint density at radius 3 is 1.86 bits per heavy atom. The summed E-state index contributed by atoms with van der Waals surface area (Å²) < 4.78 is 17.2. The number of benzene rings is 3. The Balaban J connectivity index is 1.35. The number of hydrogen-bond donors (Lipinski definition) is 1. The van der Waals surface area contributed by atoms with Gasteiger partial charge in [-0.3, -0.25) is 0 Å². The summed E-state index contributed by atoms with van der Waals surface area (Å²) in [6.45, 7) is 6.50. The van der Waals surface area contributed by atoms with Crippen LogP contribution in [0.15, 0.2) is 72.8 Å². The molecule has 0 amide bonds. The highest BCUT2D eigenvalue weighted by Gasteiger charge is 2.02. The lowest BCUT2D eigenvalue weighted by Crippen LogP contribution is -2.12. The second kappa shape index (κ2) is 10.3. The van der Waals surface area contributed by atoms with E-state index >= 15 is 0 Å². The first kappa shape index (κ1) is 19.6. The third kappa shape index (κ3) is 5.95. The molecule has 0 aliphatic carbocycles. The Morgan fingerprint density at radius 1 is 0.607 bits per heavy atom. The Hall–Kier alpha value is -3.14. The smallest absolute Gasteiger partial charge is 0.125 e. The summed E-state index contributed by atoms with van der Waals surface area (Å²) in [5.41, 5.74) is 3.37. The van der Waals surface area contributed by atoms with Gasteiger partial charge < -0.3 is 19.5 Å². The van der Waals surface area contributed by atoms with E-state index < -0.39 is 0 Å². The molecule has 0 atom stereocenters. The molecule has 0 aromatic heterocycles. The molecule has 0 radical (unpaired) electrons. The van der Waals surface area contributed by atoms with E-state index in [1.54, 1.807) is 0 Å². The summed E-state index contributed by atoms with van der Waals surface area (Å²) in [4.78, 5) is 0. The van der Waals surface area contributed by atoms with Gasteiger partial charge in [0.2, 0.25) is 0 Å². The topological polar surface area (TPSA) is 39.7 Å². The van der Waals surface area contributed by atoms with Crippen LogP contribution in [0, 0.1) is 13.8 Å². The van der Waals surface area contributed by atoms with Gasteiger partial charge in [-0.25, -0.2) is 0 Å². The molecule has 0 saturated heterocycles. The third-order valence-corrected chi connectivity index (χ3v) is 4.30. The highest BCUT2D eigenvalue weighted by atomic mass is 16.5. The normalized spacial score (nSPS) is 10.4. The molecule has 0 bridgehead atoms. The average molecular weight is 377 g/mol. The van der Waals surface area contributed by atoms with Crippen molar-refractivity contribution in [3.8, 4) is 17.2 Å². The molecule has 0 heterocycles. The maximum atomic E-state index is 5.91. The van der Waals surface area contributed by atoms with Gasteiger partial charge in [0.25, 0.3) is 0 Å². The molecule has 1 N–H and O–H groups in total. The molecule has 3 rings (SSSR count). The predicted octanol–water partition coefficient (Wildman–Crippen LogP) is 5.25. The molecule has 3 aromatic rings. The average Bonchev–Trinajstić information content (AvgIpc) is 2.72. The molecule has 4 nitrogen and oxygen atoms in total. The van der Waals surface area contributed by atoms with Crippen molar-refractivity contribution >= 4 is 5.69 Å². The molecule has 4 heteroatoms. The SMILES string of the molecule is Cc1cccc(C)c1OCCNc1ccc(OCCOc2ccccc2)cc1. The molecule has 0 fully saturated rings. The van der Waals surface area contributed by atoms with E-state index in [0.29, 0.717) is 19.8 Å². The minimum absolute atomic E-state index is 0.505. The lowest BCUT2D eigenvalue weighted by molar-refractivity contribution is 0.217. The monoisotopic (exact) mass is 377 g/mol. The first-order valence-corrected chi connectivity index (χ1v) is 9.56. The van der Waals surface area contributed by atoms with E-state index in [0.717, 1.165) is 40.6 Å². The van der Waals surface area contributed by atoms with E-state index in [-0.39, 0.29) is 0 Å². The number of rotatable bonds is 10. The van der Waals surface area contributed by atoms with Crippen LogP contribution in [0.2, 0.25) is 0 Å². The second-order valence-electron chi connectivity index (χ2n) is 6.53. The fourth-order valence-electron chi connectivity index (χ4n) is 2.88. The standard InChI is InChI=1S/C24H27NO3/c1-19-7-6-8-20(2)24(19)28-16-15-25-21-11-13-23(14-12-21)27-18-17-26-22-9-4-3-5-10-22/h3-14,25H,15-18H2,1-2H3. The Labute approximate surface area is 167 Å². The van der Waals surface area contributed by atoms with Crippen molar-refractivity contribution in [3.63, 3.8) is 0 Å². The number of aryl methyl sites for hydroxylation is 2. The van der Waals surface area contributed by atoms with Crippen LogP contribution < -0.4 is 19.5 Å². The molecule has 28 heavy (non-hydrogen) atoms. The highest BCUT2D eigenvalue weighted by Crippen LogP contribution is 2.22. The van der Waals surface area contributed by atoms with Gasteiger partial charge in [-0.1, -0.05) is 36.4 Å². The van der Waals surface area contributed by atoms with Crippen molar-refractivity contribution in [3.05, 3.63) is 83.9 Å². The third-order valence-electron chi connectivity index (χ3n) is 4.30. The fraction of sp³-hybridized carbons (Fsp3) is 0.250. The Morgan fingerprint density at radius 2 is 1.21 bits per heavy atom. The maximum Gasteiger partial charge on any atom is 0.125 e. The molecule has 3 aromatic carbocycles. The summed E-state index contributed by atoms with van der Waals surface area (Å²) in [6, 6.07) is 23.9. The van der Waals surface area contributed by atoms with Gasteiger partial charge in [0.1, 0.15) is 37.1 Å². The van der Waals surface area contributed by atoms with Crippen LogP contribution in [0.4, 0.5) is 5.69 Å². The predicted molar refractivity (Wildman–Crippen MR) is 114 cm³/mol. The van der Waals surface area contributed by atoms with Crippen molar-refractivity contribution in [2.75, 3.05) is 31.7 Å². The Kier molecular flexibility index (Phi) is 7.19. The summed E-state index contributed by atoms with van der Waals surface area (Å²) in [5.74, 6) is 2.66. The van der Waals surface area contributed by atoms with Crippen molar-refractivity contribution in [2.24, 2.45) is 0 Å². The van der Waals surface area contributed by atoms with Gasteiger partial charge >= 0.3 is 0 Å². The molecular weight excluding hydrogens is 350 g/mol. The summed E-state index contributed by atoms with van der Waals surface area (Å²) >= 11 is 0. The van der Waals surface area contributed by atoms with Crippen LogP contribution in [0.1, 0.15) is 11.1 Å². The first-order valence-electron chi connectivity index (χ1n) is 9.56. The molecule has 0 saturated carbocycles. The number of ether oxygens (including phenoxy) is 3.